The minimum Gasteiger partial charge on any atom is -0.289 e. The van der Waals surface area contributed by atoms with E-state index in [-0.39, 0.29) is 5.56 Å². The van der Waals surface area contributed by atoms with Crippen molar-refractivity contribution in [3.8, 4) is 0 Å². The number of carbonyl (C=O) groups excluding carboxylic acids is 1. The molecule has 1 aliphatic rings. The molecule has 24 heavy (non-hydrogen) atoms. The lowest BCUT2D eigenvalue weighted by Crippen LogP contribution is -2.11. The molecule has 0 radical (unpaired) electrons. The van der Waals surface area contributed by atoms with Crippen LogP contribution in [-0.2, 0) is 6.18 Å². The Morgan fingerprint density at radius 3 is 2.33 bits per heavy atom. The molecule has 0 heterocycles. The number of carbonyl (C=O) groups is 1. The Morgan fingerprint density at radius 2 is 1.75 bits per heavy atom. The van der Waals surface area contributed by atoms with Crippen LogP contribution in [0.4, 0.5) is 18.9 Å². The van der Waals surface area contributed by atoms with E-state index >= 15 is 0 Å². The number of nitrogens with zero attached hydrogens (tertiary/aromatic N) is 1. The van der Waals surface area contributed by atoms with E-state index in [9.17, 15) is 18.0 Å². The summed E-state index contributed by atoms with van der Waals surface area (Å²) in [5, 5.41) is 0. The average molecular weight is 331 g/mol. The normalized spacial score (nSPS) is 15.5. The lowest BCUT2D eigenvalue weighted by Gasteiger charge is -2.20. The highest BCUT2D eigenvalue weighted by atomic mass is 19.4. The molecular formula is C19H16F3NO. The molecule has 0 unspecified atom stereocenters. The maximum atomic E-state index is 12.7. The zero-order valence-electron chi connectivity index (χ0n) is 12.9. The van der Waals surface area contributed by atoms with Gasteiger partial charge in [0, 0.05) is 17.3 Å². The number of hydrogen-bond acceptors (Lipinski definition) is 2. The van der Waals surface area contributed by atoms with Crippen LogP contribution in [0.15, 0.2) is 53.5 Å². The second-order valence-electron chi connectivity index (χ2n) is 5.92. The Hall–Kier alpha value is -2.43. The highest BCUT2D eigenvalue weighted by Gasteiger charge is 2.30. The molecule has 2 nitrogen and oxygen atoms in total. The molecule has 1 aliphatic carbocycles. The van der Waals surface area contributed by atoms with Crippen molar-refractivity contribution in [3.63, 3.8) is 0 Å². The highest BCUT2D eigenvalue weighted by Crippen LogP contribution is 2.30. The third-order valence-electron chi connectivity index (χ3n) is 4.17. The molecule has 0 aromatic heterocycles. The molecule has 124 valence electrons. The van der Waals surface area contributed by atoms with Crippen molar-refractivity contribution in [1.29, 1.82) is 0 Å². The molecule has 3 rings (SSSR count). The van der Waals surface area contributed by atoms with Crippen LogP contribution < -0.4 is 0 Å². The van der Waals surface area contributed by atoms with Crippen LogP contribution in [0.5, 0.6) is 0 Å². The van der Waals surface area contributed by atoms with Gasteiger partial charge in [-0.1, -0.05) is 18.6 Å². The number of hydrogen-bond donors (Lipinski definition) is 0. The average Bonchev–Trinajstić information content (AvgIpc) is 2.53. The van der Waals surface area contributed by atoms with Crippen molar-refractivity contribution < 1.29 is 18.0 Å². The fraction of sp³-hybridized carbons (Fsp3) is 0.263. The van der Waals surface area contributed by atoms with Gasteiger partial charge in [0.15, 0.2) is 5.78 Å². The summed E-state index contributed by atoms with van der Waals surface area (Å²) in [6.45, 7) is 0. The topological polar surface area (TPSA) is 29.4 Å². The molecule has 2 aromatic carbocycles. The Labute approximate surface area is 138 Å². The number of ketones is 1. The predicted molar refractivity (Wildman–Crippen MR) is 86.8 cm³/mol. The molecule has 5 heteroatoms. The Balaban J connectivity index is 1.76. The van der Waals surface area contributed by atoms with E-state index in [2.05, 4.69) is 4.99 Å². The van der Waals surface area contributed by atoms with Crippen molar-refractivity contribution in [2.45, 2.75) is 25.4 Å². The second kappa shape index (κ2) is 6.59. The van der Waals surface area contributed by atoms with Crippen LogP contribution in [0, 0.1) is 5.92 Å². The SMILES string of the molecule is O=C(c1ccc(N=CC2CCC2)cc1)c1cccc(C(F)(F)F)c1. The first-order valence-electron chi connectivity index (χ1n) is 7.80. The van der Waals surface area contributed by atoms with E-state index < -0.39 is 17.5 Å². The summed E-state index contributed by atoms with van der Waals surface area (Å²) < 4.78 is 38.2. The molecule has 0 N–H and O–H groups in total. The Kier molecular flexibility index (Phi) is 4.51. The first kappa shape index (κ1) is 16.4. The smallest absolute Gasteiger partial charge is 0.289 e. The van der Waals surface area contributed by atoms with Crippen molar-refractivity contribution in [2.24, 2.45) is 10.9 Å². The fourth-order valence-corrected chi connectivity index (χ4v) is 2.48. The van der Waals surface area contributed by atoms with Gasteiger partial charge in [-0.2, -0.15) is 13.2 Å². The molecule has 1 fully saturated rings. The van der Waals surface area contributed by atoms with Crippen LogP contribution in [0.2, 0.25) is 0 Å². The van der Waals surface area contributed by atoms with Crippen molar-refractivity contribution in [1.82, 2.24) is 0 Å². The minimum absolute atomic E-state index is 0.0237. The van der Waals surface area contributed by atoms with E-state index in [1.54, 1.807) is 24.3 Å². The van der Waals surface area contributed by atoms with Gasteiger partial charge in [0.2, 0.25) is 0 Å². The van der Waals surface area contributed by atoms with E-state index in [1.165, 1.54) is 18.6 Å². The summed E-state index contributed by atoms with van der Waals surface area (Å²) in [5.74, 6) is 0.104. The van der Waals surface area contributed by atoms with E-state index in [0.717, 1.165) is 30.7 Å². The quantitative estimate of drug-likeness (QED) is 0.542. The Bertz CT molecular complexity index is 759. The molecular weight excluding hydrogens is 315 g/mol. The maximum absolute atomic E-state index is 12.7. The summed E-state index contributed by atoms with van der Waals surface area (Å²) >= 11 is 0. The third-order valence-corrected chi connectivity index (χ3v) is 4.17. The van der Waals surface area contributed by atoms with Gasteiger partial charge in [0.1, 0.15) is 0 Å². The highest BCUT2D eigenvalue weighted by molar-refractivity contribution is 6.09. The maximum Gasteiger partial charge on any atom is 0.416 e. The van der Waals surface area contributed by atoms with Crippen LogP contribution in [0.25, 0.3) is 0 Å². The molecule has 0 amide bonds. The predicted octanol–water partition coefficient (Wildman–Crippen LogP) is 5.44. The monoisotopic (exact) mass is 331 g/mol. The van der Waals surface area contributed by atoms with Gasteiger partial charge >= 0.3 is 6.18 Å². The van der Waals surface area contributed by atoms with Gasteiger partial charge in [0.05, 0.1) is 11.3 Å². The fourth-order valence-electron chi connectivity index (χ4n) is 2.48. The van der Waals surface area contributed by atoms with E-state index in [1.807, 2.05) is 6.21 Å². The van der Waals surface area contributed by atoms with Crippen LogP contribution in [0.3, 0.4) is 0 Å². The summed E-state index contributed by atoms with van der Waals surface area (Å²) in [6, 6.07) is 11.1. The number of alkyl halides is 3. The molecule has 0 saturated heterocycles. The van der Waals surface area contributed by atoms with Gasteiger partial charge < -0.3 is 0 Å². The molecule has 2 aromatic rings. The van der Waals surface area contributed by atoms with Gasteiger partial charge in [-0.25, -0.2) is 0 Å². The second-order valence-corrected chi connectivity index (χ2v) is 5.92. The molecule has 0 spiro atoms. The van der Waals surface area contributed by atoms with Crippen molar-refractivity contribution in [3.05, 3.63) is 65.2 Å². The number of benzene rings is 2. The molecule has 0 aliphatic heterocycles. The lowest BCUT2D eigenvalue weighted by molar-refractivity contribution is -0.137. The standard InChI is InChI=1S/C19H16F3NO/c20-19(21,22)16-6-2-5-15(11-16)18(24)14-7-9-17(10-8-14)23-12-13-3-1-4-13/h2,5-13H,1,3-4H2. The summed E-state index contributed by atoms with van der Waals surface area (Å²) in [7, 11) is 0. The van der Waals surface area contributed by atoms with E-state index in [4.69, 9.17) is 0 Å². The summed E-state index contributed by atoms with van der Waals surface area (Å²) in [5.41, 5.74) is 0.282. The number of aliphatic imine (C=N–C) groups is 1. The zero-order chi connectivity index (χ0) is 17.2. The third kappa shape index (κ3) is 3.72. The molecule has 0 bridgehead atoms. The number of rotatable bonds is 4. The first-order chi connectivity index (χ1) is 11.4. The molecule has 1 saturated carbocycles. The van der Waals surface area contributed by atoms with Gasteiger partial charge in [-0.05, 0) is 55.2 Å². The lowest BCUT2D eigenvalue weighted by atomic mass is 9.87. The Morgan fingerprint density at radius 1 is 1.04 bits per heavy atom. The van der Waals surface area contributed by atoms with Crippen LogP contribution >= 0.6 is 0 Å². The van der Waals surface area contributed by atoms with Gasteiger partial charge in [0.25, 0.3) is 0 Å². The van der Waals surface area contributed by atoms with Crippen LogP contribution in [-0.4, -0.2) is 12.0 Å². The summed E-state index contributed by atoms with van der Waals surface area (Å²) in [4.78, 5) is 16.7. The first-order valence-corrected chi connectivity index (χ1v) is 7.80. The summed E-state index contributed by atoms with van der Waals surface area (Å²) in [6.07, 6.45) is 1.02. The largest absolute Gasteiger partial charge is 0.416 e. The van der Waals surface area contributed by atoms with E-state index in [0.29, 0.717) is 11.5 Å². The van der Waals surface area contributed by atoms with Gasteiger partial charge in [-0.15, -0.1) is 0 Å². The van der Waals surface area contributed by atoms with Crippen LogP contribution in [0.1, 0.15) is 40.7 Å². The molecule has 0 atom stereocenters. The van der Waals surface area contributed by atoms with Crippen molar-refractivity contribution in [2.75, 3.05) is 0 Å². The zero-order valence-corrected chi connectivity index (χ0v) is 12.9. The minimum atomic E-state index is -4.46. The number of halogens is 3. The van der Waals surface area contributed by atoms with Crippen molar-refractivity contribution >= 4 is 17.7 Å². The van der Waals surface area contributed by atoms with Gasteiger partial charge in [-0.3, -0.25) is 9.79 Å².